The average Bonchev–Trinajstić information content (AvgIpc) is 2.73. The Morgan fingerprint density at radius 1 is 1.33 bits per heavy atom. The van der Waals surface area contributed by atoms with Crippen LogP contribution in [0.3, 0.4) is 0 Å². The smallest absolute Gasteiger partial charge is 0.134 e. The van der Waals surface area contributed by atoms with Crippen molar-refractivity contribution in [3.05, 3.63) is 16.5 Å². The fraction of sp³-hybridized carbons (Fsp3) is 0.714. The van der Waals surface area contributed by atoms with Crippen LogP contribution in [0.2, 0.25) is 0 Å². The molecule has 0 unspecified atom stereocenters. The summed E-state index contributed by atoms with van der Waals surface area (Å²) in [5, 5.41) is 3.48. The second-order valence-electron chi connectivity index (χ2n) is 5.96. The van der Waals surface area contributed by atoms with E-state index in [1.807, 2.05) is 6.07 Å². The van der Waals surface area contributed by atoms with E-state index in [4.69, 9.17) is 0 Å². The van der Waals surface area contributed by atoms with Gasteiger partial charge in [-0.25, -0.2) is 9.97 Å². The van der Waals surface area contributed by atoms with E-state index in [1.54, 1.807) is 0 Å². The van der Waals surface area contributed by atoms with E-state index in [2.05, 4.69) is 52.0 Å². The Labute approximate surface area is 118 Å². The van der Waals surface area contributed by atoms with Crippen LogP contribution >= 0.6 is 15.9 Å². The summed E-state index contributed by atoms with van der Waals surface area (Å²) >= 11 is 3.46. The summed E-state index contributed by atoms with van der Waals surface area (Å²) in [5.74, 6) is 2.18. The van der Waals surface area contributed by atoms with Gasteiger partial charge in [-0.1, -0.05) is 33.6 Å². The summed E-state index contributed by atoms with van der Waals surface area (Å²) in [7, 11) is 0. The zero-order valence-corrected chi connectivity index (χ0v) is 13.0. The van der Waals surface area contributed by atoms with Crippen molar-refractivity contribution in [2.75, 3.05) is 11.9 Å². The number of hydrogen-bond donors (Lipinski definition) is 1. The van der Waals surface area contributed by atoms with Gasteiger partial charge in [-0.2, -0.15) is 0 Å². The first kappa shape index (κ1) is 13.8. The minimum absolute atomic E-state index is 0.352. The zero-order valence-electron chi connectivity index (χ0n) is 11.5. The normalized spacial score (nSPS) is 18.3. The summed E-state index contributed by atoms with van der Waals surface area (Å²) in [6.45, 7) is 7.61. The van der Waals surface area contributed by atoms with E-state index in [1.165, 1.54) is 25.7 Å². The number of anilines is 1. The van der Waals surface area contributed by atoms with Crippen molar-refractivity contribution in [3.63, 3.8) is 0 Å². The maximum atomic E-state index is 4.57. The SMILES string of the molecule is CC(C)c1nc(Br)cc(NCC2(C)CCCC2)n1. The van der Waals surface area contributed by atoms with E-state index in [0.29, 0.717) is 11.3 Å². The lowest BCUT2D eigenvalue weighted by molar-refractivity contribution is 0.361. The molecular formula is C14H22BrN3. The number of rotatable bonds is 4. The predicted octanol–water partition coefficient (Wildman–Crippen LogP) is 4.35. The van der Waals surface area contributed by atoms with E-state index in [0.717, 1.165) is 22.8 Å². The molecule has 1 saturated carbocycles. The predicted molar refractivity (Wildman–Crippen MR) is 78.9 cm³/mol. The van der Waals surface area contributed by atoms with Gasteiger partial charge in [0, 0.05) is 18.5 Å². The van der Waals surface area contributed by atoms with Crippen molar-refractivity contribution in [3.8, 4) is 0 Å². The van der Waals surface area contributed by atoms with Crippen molar-refractivity contribution in [1.29, 1.82) is 0 Å². The summed E-state index contributed by atoms with van der Waals surface area (Å²) in [4.78, 5) is 8.97. The molecule has 3 nitrogen and oxygen atoms in total. The Morgan fingerprint density at radius 3 is 2.61 bits per heavy atom. The second kappa shape index (κ2) is 5.55. The van der Waals surface area contributed by atoms with Gasteiger partial charge in [-0.3, -0.25) is 0 Å². The molecule has 0 amide bonds. The highest BCUT2D eigenvalue weighted by atomic mass is 79.9. The van der Waals surface area contributed by atoms with E-state index in [9.17, 15) is 0 Å². The molecule has 0 radical (unpaired) electrons. The lowest BCUT2D eigenvalue weighted by Crippen LogP contribution is -2.23. The molecule has 1 fully saturated rings. The quantitative estimate of drug-likeness (QED) is 0.840. The van der Waals surface area contributed by atoms with Crippen LogP contribution in [0.1, 0.15) is 58.2 Å². The fourth-order valence-corrected chi connectivity index (χ4v) is 2.89. The Balaban J connectivity index is 2.04. The molecule has 1 aromatic heterocycles. The third-order valence-electron chi connectivity index (χ3n) is 3.74. The van der Waals surface area contributed by atoms with Crippen LogP contribution in [0.15, 0.2) is 10.7 Å². The van der Waals surface area contributed by atoms with Crippen LogP contribution in [0.5, 0.6) is 0 Å². The lowest BCUT2D eigenvalue weighted by atomic mass is 9.89. The molecular weight excluding hydrogens is 290 g/mol. The second-order valence-corrected chi connectivity index (χ2v) is 6.77. The molecule has 0 atom stereocenters. The van der Waals surface area contributed by atoms with Gasteiger partial charge in [0.25, 0.3) is 0 Å². The van der Waals surface area contributed by atoms with Gasteiger partial charge in [0.05, 0.1) is 0 Å². The highest BCUT2D eigenvalue weighted by Crippen LogP contribution is 2.37. The molecule has 1 heterocycles. The van der Waals surface area contributed by atoms with Crippen LogP contribution < -0.4 is 5.32 Å². The number of nitrogens with zero attached hydrogens (tertiary/aromatic N) is 2. The van der Waals surface area contributed by atoms with Crippen molar-refractivity contribution in [2.24, 2.45) is 5.41 Å². The molecule has 1 aromatic rings. The molecule has 0 spiro atoms. The topological polar surface area (TPSA) is 37.8 Å². The highest BCUT2D eigenvalue weighted by Gasteiger charge is 2.28. The Hall–Kier alpha value is -0.640. The van der Waals surface area contributed by atoms with Gasteiger partial charge in [-0.05, 0) is 34.2 Å². The molecule has 1 aliphatic carbocycles. The number of nitrogens with one attached hydrogen (secondary N) is 1. The molecule has 0 saturated heterocycles. The maximum Gasteiger partial charge on any atom is 0.134 e. The molecule has 0 aliphatic heterocycles. The molecule has 4 heteroatoms. The van der Waals surface area contributed by atoms with E-state index >= 15 is 0 Å². The number of halogens is 1. The van der Waals surface area contributed by atoms with Crippen LogP contribution in [-0.4, -0.2) is 16.5 Å². The first-order valence-electron chi connectivity index (χ1n) is 6.77. The largest absolute Gasteiger partial charge is 0.369 e. The molecule has 1 N–H and O–H groups in total. The first-order chi connectivity index (χ1) is 8.48. The Kier molecular flexibility index (Phi) is 4.25. The van der Waals surface area contributed by atoms with Gasteiger partial charge >= 0.3 is 0 Å². The summed E-state index contributed by atoms with van der Waals surface area (Å²) in [6, 6.07) is 1.96. The third kappa shape index (κ3) is 3.44. The van der Waals surface area contributed by atoms with Crippen LogP contribution in [0.25, 0.3) is 0 Å². The van der Waals surface area contributed by atoms with Gasteiger partial charge in [-0.15, -0.1) is 0 Å². The molecule has 0 aromatic carbocycles. The zero-order chi connectivity index (χ0) is 13.2. The van der Waals surface area contributed by atoms with Crippen LogP contribution in [-0.2, 0) is 0 Å². The van der Waals surface area contributed by atoms with E-state index in [-0.39, 0.29) is 0 Å². The van der Waals surface area contributed by atoms with Gasteiger partial charge in [0.15, 0.2) is 0 Å². The lowest BCUT2D eigenvalue weighted by Gasteiger charge is -2.24. The van der Waals surface area contributed by atoms with Crippen LogP contribution in [0.4, 0.5) is 5.82 Å². The summed E-state index contributed by atoms with van der Waals surface area (Å²) < 4.78 is 0.861. The van der Waals surface area contributed by atoms with E-state index < -0.39 is 0 Å². The Morgan fingerprint density at radius 2 is 2.00 bits per heavy atom. The standard InChI is InChI=1S/C14H22BrN3/c1-10(2)13-17-11(15)8-12(18-13)16-9-14(3)6-4-5-7-14/h8,10H,4-7,9H2,1-3H3,(H,16,17,18). The van der Waals surface area contributed by atoms with Crippen molar-refractivity contribution >= 4 is 21.7 Å². The van der Waals surface area contributed by atoms with Gasteiger partial charge < -0.3 is 5.32 Å². The van der Waals surface area contributed by atoms with Crippen molar-refractivity contribution in [2.45, 2.75) is 52.4 Å². The number of hydrogen-bond acceptors (Lipinski definition) is 3. The van der Waals surface area contributed by atoms with Crippen molar-refractivity contribution < 1.29 is 0 Å². The Bertz CT molecular complexity index is 412. The molecule has 2 rings (SSSR count). The molecule has 100 valence electrons. The first-order valence-corrected chi connectivity index (χ1v) is 7.56. The van der Waals surface area contributed by atoms with Crippen LogP contribution in [0, 0.1) is 5.41 Å². The summed E-state index contributed by atoms with van der Waals surface area (Å²) in [6.07, 6.45) is 5.37. The highest BCUT2D eigenvalue weighted by molar-refractivity contribution is 9.10. The monoisotopic (exact) mass is 311 g/mol. The minimum Gasteiger partial charge on any atom is -0.369 e. The average molecular weight is 312 g/mol. The summed E-state index contributed by atoms with van der Waals surface area (Å²) in [5.41, 5.74) is 0.440. The minimum atomic E-state index is 0.352. The van der Waals surface area contributed by atoms with Gasteiger partial charge in [0.1, 0.15) is 16.2 Å². The maximum absolute atomic E-state index is 4.57. The molecule has 0 bridgehead atoms. The number of aromatic nitrogens is 2. The third-order valence-corrected chi connectivity index (χ3v) is 4.14. The molecule has 18 heavy (non-hydrogen) atoms. The van der Waals surface area contributed by atoms with Crippen molar-refractivity contribution in [1.82, 2.24) is 9.97 Å². The fourth-order valence-electron chi connectivity index (χ4n) is 2.49. The molecule has 1 aliphatic rings. The van der Waals surface area contributed by atoms with Gasteiger partial charge in [0.2, 0.25) is 0 Å².